The molecule has 1 N–H and O–H groups in total. The zero-order chi connectivity index (χ0) is 14.1. The predicted octanol–water partition coefficient (Wildman–Crippen LogP) is 3.62. The van der Waals surface area contributed by atoms with E-state index in [0.29, 0.717) is 11.1 Å². The number of methoxy groups -OCH3 is 1. The molecule has 0 spiro atoms. The van der Waals surface area contributed by atoms with Crippen LogP contribution in [0.25, 0.3) is 22.4 Å². The zero-order valence-electron chi connectivity index (χ0n) is 10.7. The van der Waals surface area contributed by atoms with E-state index in [1.807, 2.05) is 36.4 Å². The highest BCUT2D eigenvalue weighted by Gasteiger charge is 2.14. The van der Waals surface area contributed by atoms with E-state index < -0.39 is 0 Å². The molecule has 0 amide bonds. The first-order valence-corrected chi connectivity index (χ1v) is 7.10. The highest BCUT2D eigenvalue weighted by atomic mass is 127. The van der Waals surface area contributed by atoms with Crippen LogP contribution in [0.3, 0.4) is 0 Å². The minimum atomic E-state index is -0.378. The van der Waals surface area contributed by atoms with Crippen LogP contribution in [-0.4, -0.2) is 23.0 Å². The summed E-state index contributed by atoms with van der Waals surface area (Å²) in [6, 6.07) is 13.4. The fraction of sp³-hybridized carbons (Fsp3) is 0.0667. The molecule has 1 heterocycles. The minimum absolute atomic E-state index is 0.378. The van der Waals surface area contributed by atoms with Crippen LogP contribution in [0.4, 0.5) is 0 Å². The lowest BCUT2D eigenvalue weighted by Gasteiger charge is -1.98. The average Bonchev–Trinajstić information content (AvgIpc) is 2.90. The second-order valence-corrected chi connectivity index (χ2v) is 5.53. The Morgan fingerprint density at radius 2 is 2.05 bits per heavy atom. The van der Waals surface area contributed by atoms with Gasteiger partial charge in [-0.15, -0.1) is 0 Å². The van der Waals surface area contributed by atoms with Crippen molar-refractivity contribution in [3.63, 3.8) is 0 Å². The predicted molar refractivity (Wildman–Crippen MR) is 85.6 cm³/mol. The van der Waals surface area contributed by atoms with E-state index in [-0.39, 0.29) is 5.97 Å². The van der Waals surface area contributed by atoms with Gasteiger partial charge in [0.25, 0.3) is 0 Å². The maximum absolute atomic E-state index is 11.7. The summed E-state index contributed by atoms with van der Waals surface area (Å²) in [7, 11) is 1.37. The largest absolute Gasteiger partial charge is 0.465 e. The molecule has 0 aliphatic heterocycles. The summed E-state index contributed by atoms with van der Waals surface area (Å²) in [4.78, 5) is 19.5. The van der Waals surface area contributed by atoms with Crippen LogP contribution in [0.5, 0.6) is 0 Å². The van der Waals surface area contributed by atoms with E-state index in [4.69, 9.17) is 4.74 Å². The van der Waals surface area contributed by atoms with E-state index in [0.717, 1.165) is 20.5 Å². The fourth-order valence-electron chi connectivity index (χ4n) is 2.08. The standard InChI is InChI=1S/C15H11IN2O2/c1-20-15(19)11-6-3-7-12-13(11)18-14(17-12)9-4-2-5-10(16)8-9/h2-8H,1H3,(H,17,18). The van der Waals surface area contributed by atoms with Gasteiger partial charge in [-0.05, 0) is 46.9 Å². The molecule has 0 saturated heterocycles. The Morgan fingerprint density at radius 1 is 1.25 bits per heavy atom. The van der Waals surface area contributed by atoms with Crippen LogP contribution >= 0.6 is 22.6 Å². The number of carbonyl (C=O) groups is 1. The molecule has 20 heavy (non-hydrogen) atoms. The second-order valence-electron chi connectivity index (χ2n) is 4.29. The highest BCUT2D eigenvalue weighted by molar-refractivity contribution is 14.1. The Morgan fingerprint density at radius 3 is 2.80 bits per heavy atom. The van der Waals surface area contributed by atoms with Crippen LogP contribution < -0.4 is 0 Å². The SMILES string of the molecule is COC(=O)c1cccc2[nH]c(-c3cccc(I)c3)nc12. The third-order valence-corrected chi connectivity index (χ3v) is 3.69. The van der Waals surface area contributed by atoms with Crippen molar-refractivity contribution in [2.75, 3.05) is 7.11 Å². The van der Waals surface area contributed by atoms with E-state index in [1.165, 1.54) is 7.11 Å². The number of ether oxygens (including phenoxy) is 1. The number of nitrogens with zero attached hydrogens (tertiary/aromatic N) is 1. The van der Waals surface area contributed by atoms with Gasteiger partial charge in [-0.25, -0.2) is 9.78 Å². The normalized spacial score (nSPS) is 10.7. The molecule has 0 aliphatic rings. The van der Waals surface area contributed by atoms with E-state index in [2.05, 4.69) is 32.6 Å². The Hall–Kier alpha value is -1.89. The van der Waals surface area contributed by atoms with Gasteiger partial charge in [0.2, 0.25) is 0 Å². The van der Waals surface area contributed by atoms with Crippen molar-refractivity contribution in [3.8, 4) is 11.4 Å². The molecule has 3 aromatic rings. The van der Waals surface area contributed by atoms with Gasteiger partial charge in [0.1, 0.15) is 11.3 Å². The molecule has 2 aromatic carbocycles. The van der Waals surface area contributed by atoms with Crippen molar-refractivity contribution in [3.05, 3.63) is 51.6 Å². The third-order valence-electron chi connectivity index (χ3n) is 3.02. The molecule has 0 bridgehead atoms. The molecule has 4 nitrogen and oxygen atoms in total. The number of H-pyrrole nitrogens is 1. The smallest absolute Gasteiger partial charge is 0.340 e. The lowest BCUT2D eigenvalue weighted by Crippen LogP contribution is -2.01. The lowest BCUT2D eigenvalue weighted by molar-refractivity contribution is 0.0603. The van der Waals surface area contributed by atoms with Crippen molar-refractivity contribution in [2.24, 2.45) is 0 Å². The summed E-state index contributed by atoms with van der Waals surface area (Å²) in [5.74, 6) is 0.367. The van der Waals surface area contributed by atoms with Gasteiger partial charge in [-0.2, -0.15) is 0 Å². The zero-order valence-corrected chi connectivity index (χ0v) is 12.8. The Labute approximate surface area is 129 Å². The maximum atomic E-state index is 11.7. The fourth-order valence-corrected chi connectivity index (χ4v) is 2.62. The number of para-hydroxylation sites is 1. The van der Waals surface area contributed by atoms with Gasteiger partial charge >= 0.3 is 5.97 Å². The first-order chi connectivity index (χ1) is 9.69. The molecule has 3 rings (SSSR count). The first-order valence-electron chi connectivity index (χ1n) is 6.02. The minimum Gasteiger partial charge on any atom is -0.465 e. The number of carbonyl (C=O) groups excluding carboxylic acids is 1. The molecule has 0 unspecified atom stereocenters. The van der Waals surface area contributed by atoms with Gasteiger partial charge in [0.15, 0.2) is 0 Å². The van der Waals surface area contributed by atoms with Crippen LogP contribution in [0.1, 0.15) is 10.4 Å². The number of halogens is 1. The average molecular weight is 378 g/mol. The molecular weight excluding hydrogens is 367 g/mol. The third kappa shape index (κ3) is 2.29. The van der Waals surface area contributed by atoms with Crippen LogP contribution in [0.2, 0.25) is 0 Å². The van der Waals surface area contributed by atoms with E-state index in [9.17, 15) is 4.79 Å². The molecule has 0 aliphatic carbocycles. The van der Waals surface area contributed by atoms with Gasteiger partial charge in [0.05, 0.1) is 18.2 Å². The van der Waals surface area contributed by atoms with Gasteiger partial charge < -0.3 is 9.72 Å². The number of rotatable bonds is 2. The molecule has 0 atom stereocenters. The number of hydrogen-bond acceptors (Lipinski definition) is 3. The number of aromatic amines is 1. The topological polar surface area (TPSA) is 55.0 Å². The van der Waals surface area contributed by atoms with Gasteiger partial charge in [0, 0.05) is 9.13 Å². The number of benzene rings is 2. The number of esters is 1. The van der Waals surface area contributed by atoms with Gasteiger partial charge in [-0.3, -0.25) is 0 Å². The molecule has 1 aromatic heterocycles. The number of aromatic nitrogens is 2. The molecule has 100 valence electrons. The van der Waals surface area contributed by atoms with Crippen molar-refractivity contribution < 1.29 is 9.53 Å². The number of nitrogens with one attached hydrogen (secondary N) is 1. The number of imidazole rings is 1. The summed E-state index contributed by atoms with van der Waals surface area (Å²) in [5.41, 5.74) is 2.91. The number of hydrogen-bond donors (Lipinski definition) is 1. The molecule has 0 radical (unpaired) electrons. The summed E-state index contributed by atoms with van der Waals surface area (Å²) in [5, 5.41) is 0. The van der Waals surface area contributed by atoms with Crippen LogP contribution in [0, 0.1) is 3.57 Å². The maximum Gasteiger partial charge on any atom is 0.340 e. The lowest BCUT2D eigenvalue weighted by atomic mass is 10.2. The summed E-state index contributed by atoms with van der Waals surface area (Å²) >= 11 is 2.26. The summed E-state index contributed by atoms with van der Waals surface area (Å²) < 4.78 is 5.92. The Kier molecular flexibility index (Phi) is 3.43. The van der Waals surface area contributed by atoms with Crippen LogP contribution in [0.15, 0.2) is 42.5 Å². The first kappa shape index (κ1) is 13.1. The van der Waals surface area contributed by atoms with Gasteiger partial charge in [-0.1, -0.05) is 18.2 Å². The molecule has 0 fully saturated rings. The number of fused-ring (bicyclic) bond motifs is 1. The molecule has 0 saturated carbocycles. The Bertz CT molecular complexity index is 795. The Balaban J connectivity index is 2.18. The summed E-state index contributed by atoms with van der Waals surface area (Å²) in [6.07, 6.45) is 0. The van der Waals surface area contributed by atoms with E-state index >= 15 is 0 Å². The van der Waals surface area contributed by atoms with Crippen molar-refractivity contribution in [1.29, 1.82) is 0 Å². The van der Waals surface area contributed by atoms with Crippen molar-refractivity contribution >= 4 is 39.6 Å². The molecular formula is C15H11IN2O2. The highest BCUT2D eigenvalue weighted by Crippen LogP contribution is 2.24. The second kappa shape index (κ2) is 5.24. The molecule has 5 heteroatoms. The van der Waals surface area contributed by atoms with Crippen LogP contribution in [-0.2, 0) is 4.74 Å². The van der Waals surface area contributed by atoms with Crippen molar-refractivity contribution in [2.45, 2.75) is 0 Å². The van der Waals surface area contributed by atoms with Crippen molar-refractivity contribution in [1.82, 2.24) is 9.97 Å². The van der Waals surface area contributed by atoms with E-state index in [1.54, 1.807) is 6.07 Å². The quantitative estimate of drug-likeness (QED) is 0.548. The monoisotopic (exact) mass is 378 g/mol. The summed E-state index contributed by atoms with van der Waals surface area (Å²) in [6.45, 7) is 0.